The molecule has 0 aliphatic carbocycles. The first-order valence-corrected chi connectivity index (χ1v) is 6.57. The summed E-state index contributed by atoms with van der Waals surface area (Å²) in [6.07, 6.45) is 2.13. The van der Waals surface area contributed by atoms with E-state index < -0.39 is 10.0 Å². The van der Waals surface area contributed by atoms with Gasteiger partial charge < -0.3 is 5.73 Å². The van der Waals surface area contributed by atoms with Crippen LogP contribution in [0.5, 0.6) is 0 Å². The van der Waals surface area contributed by atoms with E-state index in [-0.39, 0.29) is 4.90 Å². The van der Waals surface area contributed by atoms with Crippen molar-refractivity contribution in [2.24, 2.45) is 5.73 Å². The molecule has 16 heavy (non-hydrogen) atoms. The first-order chi connectivity index (χ1) is 7.52. The third-order valence-electron chi connectivity index (χ3n) is 2.25. The lowest BCUT2D eigenvalue weighted by Crippen LogP contribution is -2.27. The van der Waals surface area contributed by atoms with Gasteiger partial charge in [0.05, 0.1) is 5.69 Å². The monoisotopic (exact) mass is 243 g/mol. The Bertz CT molecular complexity index is 428. The molecule has 1 aromatic heterocycles. The van der Waals surface area contributed by atoms with Crippen LogP contribution >= 0.6 is 0 Å². The summed E-state index contributed by atoms with van der Waals surface area (Å²) in [5.74, 6) is 0. The molecule has 5 nitrogen and oxygen atoms in total. The minimum absolute atomic E-state index is 0.209. The standard InChI is InChI=1S/C10H17N3O2S/c1-3-6-13(2)16(14,15)10-5-4-9(7-11)12-8-10/h4-5,8H,3,6-7,11H2,1-2H3. The fourth-order valence-electron chi connectivity index (χ4n) is 1.30. The van der Waals surface area contributed by atoms with Crippen LogP contribution in [0.1, 0.15) is 19.0 Å². The van der Waals surface area contributed by atoms with Crippen molar-refractivity contribution >= 4 is 10.0 Å². The minimum atomic E-state index is -3.40. The Kier molecular flexibility index (Phi) is 4.40. The maximum atomic E-state index is 12.0. The highest BCUT2D eigenvalue weighted by molar-refractivity contribution is 7.89. The van der Waals surface area contributed by atoms with Crippen LogP contribution in [0.15, 0.2) is 23.2 Å². The summed E-state index contributed by atoms with van der Waals surface area (Å²) in [6, 6.07) is 3.17. The molecule has 0 amide bonds. The van der Waals surface area contributed by atoms with E-state index in [1.54, 1.807) is 13.1 Å². The summed E-state index contributed by atoms with van der Waals surface area (Å²) >= 11 is 0. The van der Waals surface area contributed by atoms with Gasteiger partial charge in [-0.3, -0.25) is 4.98 Å². The van der Waals surface area contributed by atoms with Crippen LogP contribution in [0.4, 0.5) is 0 Å². The molecule has 0 fully saturated rings. The van der Waals surface area contributed by atoms with Gasteiger partial charge in [0.25, 0.3) is 0 Å². The number of nitrogens with two attached hydrogens (primary N) is 1. The number of hydrogen-bond acceptors (Lipinski definition) is 4. The van der Waals surface area contributed by atoms with E-state index in [0.29, 0.717) is 18.8 Å². The molecule has 0 saturated carbocycles. The molecule has 0 aliphatic rings. The van der Waals surface area contributed by atoms with Gasteiger partial charge in [0, 0.05) is 26.3 Å². The van der Waals surface area contributed by atoms with Gasteiger partial charge in [-0.15, -0.1) is 0 Å². The third-order valence-corrected chi connectivity index (χ3v) is 4.09. The summed E-state index contributed by atoms with van der Waals surface area (Å²) in [7, 11) is -1.83. The van der Waals surface area contributed by atoms with Gasteiger partial charge in [-0.05, 0) is 18.6 Å². The van der Waals surface area contributed by atoms with Crippen molar-refractivity contribution < 1.29 is 8.42 Å². The van der Waals surface area contributed by atoms with Crippen LogP contribution in [-0.4, -0.2) is 31.3 Å². The maximum absolute atomic E-state index is 12.0. The molecule has 0 radical (unpaired) electrons. The molecular weight excluding hydrogens is 226 g/mol. The molecule has 90 valence electrons. The molecule has 6 heteroatoms. The van der Waals surface area contributed by atoms with E-state index in [2.05, 4.69) is 4.98 Å². The zero-order valence-electron chi connectivity index (χ0n) is 9.55. The second kappa shape index (κ2) is 5.38. The van der Waals surface area contributed by atoms with Crippen molar-refractivity contribution in [2.45, 2.75) is 24.8 Å². The maximum Gasteiger partial charge on any atom is 0.244 e. The molecular formula is C10H17N3O2S. The molecule has 1 rings (SSSR count). The topological polar surface area (TPSA) is 76.3 Å². The first kappa shape index (κ1) is 13.1. The van der Waals surface area contributed by atoms with Crippen molar-refractivity contribution in [2.75, 3.05) is 13.6 Å². The van der Waals surface area contributed by atoms with E-state index in [1.807, 2.05) is 6.92 Å². The van der Waals surface area contributed by atoms with Crippen molar-refractivity contribution in [3.63, 3.8) is 0 Å². The van der Waals surface area contributed by atoms with Crippen LogP contribution in [0, 0.1) is 0 Å². The normalized spacial score (nSPS) is 12.0. The van der Waals surface area contributed by atoms with E-state index in [9.17, 15) is 8.42 Å². The summed E-state index contributed by atoms with van der Waals surface area (Å²) in [5, 5.41) is 0. The second-order valence-corrected chi connectivity index (χ2v) is 5.56. The van der Waals surface area contributed by atoms with Crippen molar-refractivity contribution in [3.05, 3.63) is 24.0 Å². The largest absolute Gasteiger partial charge is 0.325 e. The second-order valence-electron chi connectivity index (χ2n) is 3.52. The van der Waals surface area contributed by atoms with Gasteiger partial charge in [0.15, 0.2) is 0 Å². The Morgan fingerprint density at radius 3 is 2.56 bits per heavy atom. The van der Waals surface area contributed by atoms with Crippen molar-refractivity contribution in [1.29, 1.82) is 0 Å². The molecule has 0 aromatic carbocycles. The summed E-state index contributed by atoms with van der Waals surface area (Å²) < 4.78 is 25.3. The Morgan fingerprint density at radius 2 is 2.12 bits per heavy atom. The van der Waals surface area contributed by atoms with E-state index in [1.165, 1.54) is 16.6 Å². The molecule has 1 heterocycles. The Labute approximate surface area is 96.3 Å². The van der Waals surface area contributed by atoms with Gasteiger partial charge in [0.2, 0.25) is 10.0 Å². The number of aromatic nitrogens is 1. The lowest BCUT2D eigenvalue weighted by atomic mass is 10.4. The van der Waals surface area contributed by atoms with Crippen LogP contribution in [-0.2, 0) is 16.6 Å². The smallest absolute Gasteiger partial charge is 0.244 e. The molecule has 1 aromatic rings. The van der Waals surface area contributed by atoms with E-state index in [0.717, 1.165) is 6.42 Å². The minimum Gasteiger partial charge on any atom is -0.325 e. The van der Waals surface area contributed by atoms with Gasteiger partial charge in [-0.1, -0.05) is 6.92 Å². The Balaban J connectivity index is 2.98. The predicted molar refractivity (Wildman–Crippen MR) is 62.2 cm³/mol. The van der Waals surface area contributed by atoms with E-state index in [4.69, 9.17) is 5.73 Å². The van der Waals surface area contributed by atoms with Gasteiger partial charge >= 0.3 is 0 Å². The summed E-state index contributed by atoms with van der Waals surface area (Å²) in [6.45, 7) is 2.74. The average Bonchev–Trinajstić information content (AvgIpc) is 2.29. The zero-order chi connectivity index (χ0) is 12.2. The zero-order valence-corrected chi connectivity index (χ0v) is 10.4. The molecule has 0 bridgehead atoms. The van der Waals surface area contributed by atoms with Crippen molar-refractivity contribution in [1.82, 2.24) is 9.29 Å². The number of rotatable bonds is 5. The number of nitrogens with zero attached hydrogens (tertiary/aromatic N) is 2. The SMILES string of the molecule is CCCN(C)S(=O)(=O)c1ccc(CN)nc1. The van der Waals surface area contributed by atoms with Crippen LogP contribution < -0.4 is 5.73 Å². The predicted octanol–water partition coefficient (Wildman–Crippen LogP) is 0.571. The molecule has 0 aliphatic heterocycles. The number of sulfonamides is 1. The highest BCUT2D eigenvalue weighted by Crippen LogP contribution is 2.13. The lowest BCUT2D eigenvalue weighted by molar-refractivity contribution is 0.468. The fourth-order valence-corrected chi connectivity index (χ4v) is 2.51. The molecule has 0 saturated heterocycles. The molecule has 0 spiro atoms. The third kappa shape index (κ3) is 2.78. The van der Waals surface area contributed by atoms with Crippen LogP contribution in [0.2, 0.25) is 0 Å². The average molecular weight is 243 g/mol. The Hall–Kier alpha value is -0.980. The summed E-state index contributed by atoms with van der Waals surface area (Å²) in [4.78, 5) is 4.18. The Morgan fingerprint density at radius 1 is 1.44 bits per heavy atom. The first-order valence-electron chi connectivity index (χ1n) is 5.13. The lowest BCUT2D eigenvalue weighted by Gasteiger charge is -2.15. The molecule has 0 atom stereocenters. The van der Waals surface area contributed by atoms with Crippen LogP contribution in [0.25, 0.3) is 0 Å². The van der Waals surface area contributed by atoms with E-state index >= 15 is 0 Å². The van der Waals surface area contributed by atoms with Gasteiger partial charge in [-0.2, -0.15) is 0 Å². The highest BCUT2D eigenvalue weighted by atomic mass is 32.2. The van der Waals surface area contributed by atoms with Crippen LogP contribution in [0.3, 0.4) is 0 Å². The van der Waals surface area contributed by atoms with Crippen molar-refractivity contribution in [3.8, 4) is 0 Å². The molecule has 2 N–H and O–H groups in total. The van der Waals surface area contributed by atoms with Gasteiger partial charge in [0.1, 0.15) is 4.90 Å². The summed E-state index contributed by atoms with van der Waals surface area (Å²) in [5.41, 5.74) is 6.07. The highest BCUT2D eigenvalue weighted by Gasteiger charge is 2.19. The fraction of sp³-hybridized carbons (Fsp3) is 0.500. The molecule has 0 unspecified atom stereocenters. The van der Waals surface area contributed by atoms with Gasteiger partial charge in [-0.25, -0.2) is 12.7 Å². The number of pyridine rings is 1. The quantitative estimate of drug-likeness (QED) is 0.820. The number of hydrogen-bond donors (Lipinski definition) is 1.